The molecule has 7 nitrogen and oxygen atoms in total. The second kappa shape index (κ2) is 10.5. The Hall–Kier alpha value is -3.04. The molecular weight excluding hydrogens is 461 g/mol. The summed E-state index contributed by atoms with van der Waals surface area (Å²) in [5, 5.41) is -0.361. The number of carbonyl (C=O) groups is 3. The summed E-state index contributed by atoms with van der Waals surface area (Å²) in [5.74, 6) is -1.09. The van der Waals surface area contributed by atoms with E-state index < -0.39 is 23.7 Å². The third kappa shape index (κ3) is 5.60. The van der Waals surface area contributed by atoms with Gasteiger partial charge < -0.3 is 14.2 Å². The van der Waals surface area contributed by atoms with E-state index in [1.807, 2.05) is 0 Å². The second-order valence-corrected chi connectivity index (χ2v) is 7.93. The van der Waals surface area contributed by atoms with Gasteiger partial charge in [-0.05, 0) is 60.2 Å². The van der Waals surface area contributed by atoms with Crippen molar-refractivity contribution in [3.05, 3.63) is 63.3 Å². The monoisotopic (exact) mass is 479 g/mol. The topological polar surface area (TPSA) is 82.1 Å². The Morgan fingerprint density at radius 3 is 2.72 bits per heavy atom. The molecule has 2 amide bonds. The zero-order chi connectivity index (χ0) is 23.3. The molecule has 2 aromatic carbocycles. The van der Waals surface area contributed by atoms with Gasteiger partial charge in [0.1, 0.15) is 19.0 Å². The van der Waals surface area contributed by atoms with Crippen molar-refractivity contribution in [2.75, 3.05) is 20.3 Å². The average molecular weight is 480 g/mol. The van der Waals surface area contributed by atoms with Gasteiger partial charge in [-0.25, -0.2) is 4.39 Å². The van der Waals surface area contributed by atoms with Crippen LogP contribution >= 0.6 is 23.4 Å². The lowest BCUT2D eigenvalue weighted by molar-refractivity contribution is -0.145. The maximum absolute atomic E-state index is 13.4. The van der Waals surface area contributed by atoms with Gasteiger partial charge in [0.2, 0.25) is 0 Å². The van der Waals surface area contributed by atoms with Crippen molar-refractivity contribution in [3.63, 3.8) is 0 Å². The number of hydrogen-bond acceptors (Lipinski definition) is 7. The zero-order valence-corrected chi connectivity index (χ0v) is 18.8. The van der Waals surface area contributed by atoms with Gasteiger partial charge in [-0.15, -0.1) is 0 Å². The lowest BCUT2D eigenvalue weighted by Crippen LogP contribution is -2.34. The van der Waals surface area contributed by atoms with Gasteiger partial charge in [0.25, 0.3) is 11.1 Å². The molecule has 168 valence electrons. The Morgan fingerprint density at radius 2 is 2.03 bits per heavy atom. The molecule has 0 aromatic heterocycles. The highest BCUT2D eigenvalue weighted by Crippen LogP contribution is 2.39. The third-order valence-corrected chi connectivity index (χ3v) is 5.48. The number of methoxy groups -OCH3 is 1. The molecule has 0 unspecified atom stereocenters. The zero-order valence-electron chi connectivity index (χ0n) is 17.2. The molecule has 0 spiro atoms. The van der Waals surface area contributed by atoms with Crippen molar-refractivity contribution in [3.8, 4) is 11.5 Å². The van der Waals surface area contributed by atoms with Crippen molar-refractivity contribution in [1.29, 1.82) is 0 Å². The fourth-order valence-corrected chi connectivity index (χ4v) is 3.98. The third-order valence-electron chi connectivity index (χ3n) is 4.29. The number of rotatable bonds is 8. The number of halogens is 2. The fourth-order valence-electron chi connectivity index (χ4n) is 2.87. The minimum atomic E-state index is -0.666. The van der Waals surface area contributed by atoms with Crippen LogP contribution in [-0.2, 0) is 20.9 Å². The SMILES string of the molecule is CCOC(=O)CN1C(=O)S/C(=C/c2cc(Cl)c(OCc3cccc(F)c3)c(OC)c2)C1=O. The number of carbonyl (C=O) groups excluding carboxylic acids is 3. The van der Waals surface area contributed by atoms with Crippen molar-refractivity contribution in [2.45, 2.75) is 13.5 Å². The number of nitrogens with zero attached hydrogens (tertiary/aromatic N) is 1. The standard InChI is InChI=1S/C22H19ClFNO6S/c1-3-30-19(26)11-25-21(27)18(32-22(25)28)10-14-8-16(23)20(17(9-14)29-2)31-12-13-5-4-6-15(24)7-13/h4-10H,3,11-12H2,1-2H3/b18-10+. The van der Waals surface area contributed by atoms with E-state index in [-0.39, 0.29) is 34.7 Å². The lowest BCUT2D eigenvalue weighted by Gasteiger charge is -2.14. The minimum absolute atomic E-state index is 0.0694. The molecular formula is C22H19ClFNO6S. The van der Waals surface area contributed by atoms with Crippen LogP contribution in [0.3, 0.4) is 0 Å². The van der Waals surface area contributed by atoms with Crippen LogP contribution < -0.4 is 9.47 Å². The number of amides is 2. The van der Waals surface area contributed by atoms with Crippen LogP contribution in [0, 0.1) is 5.82 Å². The van der Waals surface area contributed by atoms with E-state index in [1.54, 1.807) is 31.2 Å². The highest BCUT2D eigenvalue weighted by molar-refractivity contribution is 8.18. The van der Waals surface area contributed by atoms with Crippen LogP contribution in [0.4, 0.5) is 9.18 Å². The Morgan fingerprint density at radius 1 is 1.25 bits per heavy atom. The summed E-state index contributed by atoms with van der Waals surface area (Å²) < 4.78 is 29.2. The normalized spacial score (nSPS) is 14.8. The highest BCUT2D eigenvalue weighted by atomic mass is 35.5. The van der Waals surface area contributed by atoms with Crippen molar-refractivity contribution < 1.29 is 33.0 Å². The Balaban J connectivity index is 1.79. The molecule has 1 aliphatic heterocycles. The lowest BCUT2D eigenvalue weighted by atomic mass is 10.1. The van der Waals surface area contributed by atoms with Gasteiger partial charge in [0, 0.05) is 0 Å². The van der Waals surface area contributed by atoms with E-state index in [2.05, 4.69) is 0 Å². The van der Waals surface area contributed by atoms with E-state index >= 15 is 0 Å². The van der Waals surface area contributed by atoms with E-state index in [0.717, 1.165) is 4.90 Å². The first kappa shape index (κ1) is 23.6. The molecule has 0 radical (unpaired) electrons. The van der Waals surface area contributed by atoms with E-state index in [4.69, 9.17) is 25.8 Å². The van der Waals surface area contributed by atoms with E-state index in [0.29, 0.717) is 28.6 Å². The maximum atomic E-state index is 13.4. The van der Waals surface area contributed by atoms with Crippen molar-refractivity contribution in [2.24, 2.45) is 0 Å². The van der Waals surface area contributed by atoms with Gasteiger partial charge in [-0.2, -0.15) is 0 Å². The molecule has 1 heterocycles. The molecule has 0 N–H and O–H groups in total. The van der Waals surface area contributed by atoms with Gasteiger partial charge >= 0.3 is 5.97 Å². The summed E-state index contributed by atoms with van der Waals surface area (Å²) in [4.78, 5) is 37.3. The van der Waals surface area contributed by atoms with Crippen LogP contribution in [0.1, 0.15) is 18.1 Å². The Labute approximate surface area is 193 Å². The molecule has 1 saturated heterocycles. The van der Waals surface area contributed by atoms with Gasteiger partial charge in [0.05, 0.1) is 23.6 Å². The number of thioether (sulfide) groups is 1. The second-order valence-electron chi connectivity index (χ2n) is 6.53. The predicted molar refractivity (Wildman–Crippen MR) is 118 cm³/mol. The van der Waals surface area contributed by atoms with Crippen LogP contribution in [0.5, 0.6) is 11.5 Å². The van der Waals surface area contributed by atoms with Gasteiger partial charge in [-0.1, -0.05) is 23.7 Å². The molecule has 0 atom stereocenters. The fraction of sp³-hybridized carbons (Fsp3) is 0.227. The summed E-state index contributed by atoms with van der Waals surface area (Å²) in [6.45, 7) is 1.40. The number of hydrogen-bond donors (Lipinski definition) is 0. The van der Waals surface area contributed by atoms with Crippen LogP contribution in [-0.4, -0.2) is 42.3 Å². The Bertz CT molecular complexity index is 1090. The number of benzene rings is 2. The minimum Gasteiger partial charge on any atom is -0.493 e. The molecule has 10 heteroatoms. The summed E-state index contributed by atoms with van der Waals surface area (Å²) in [6.07, 6.45) is 1.47. The smallest absolute Gasteiger partial charge is 0.326 e. The summed E-state index contributed by atoms with van der Waals surface area (Å²) in [7, 11) is 1.43. The number of ether oxygens (including phenoxy) is 3. The van der Waals surface area contributed by atoms with Gasteiger partial charge in [0.15, 0.2) is 11.5 Å². The van der Waals surface area contributed by atoms with Crippen molar-refractivity contribution >= 4 is 46.6 Å². The van der Waals surface area contributed by atoms with Crippen LogP contribution in [0.2, 0.25) is 5.02 Å². The van der Waals surface area contributed by atoms with Crippen molar-refractivity contribution in [1.82, 2.24) is 4.90 Å². The summed E-state index contributed by atoms with van der Waals surface area (Å²) >= 11 is 7.06. The molecule has 0 bridgehead atoms. The van der Waals surface area contributed by atoms with Gasteiger partial charge in [-0.3, -0.25) is 19.3 Å². The van der Waals surface area contributed by atoms with Crippen LogP contribution in [0.25, 0.3) is 6.08 Å². The molecule has 3 rings (SSSR count). The predicted octanol–water partition coefficient (Wildman–Crippen LogP) is 4.67. The largest absolute Gasteiger partial charge is 0.493 e. The first-order valence-electron chi connectivity index (χ1n) is 9.48. The average Bonchev–Trinajstić information content (AvgIpc) is 3.00. The number of imide groups is 1. The molecule has 32 heavy (non-hydrogen) atoms. The van der Waals surface area contributed by atoms with E-state index in [1.165, 1.54) is 25.3 Å². The van der Waals surface area contributed by atoms with Crippen LogP contribution in [0.15, 0.2) is 41.3 Å². The first-order valence-corrected chi connectivity index (χ1v) is 10.7. The quantitative estimate of drug-likeness (QED) is 0.402. The summed E-state index contributed by atoms with van der Waals surface area (Å²) in [6, 6.07) is 9.10. The molecule has 0 aliphatic carbocycles. The number of esters is 1. The highest BCUT2D eigenvalue weighted by Gasteiger charge is 2.36. The molecule has 1 fully saturated rings. The molecule has 0 saturated carbocycles. The molecule has 2 aromatic rings. The first-order chi connectivity index (χ1) is 15.3. The molecule has 1 aliphatic rings. The summed E-state index contributed by atoms with van der Waals surface area (Å²) in [5.41, 5.74) is 1.11. The maximum Gasteiger partial charge on any atom is 0.326 e. The van der Waals surface area contributed by atoms with E-state index in [9.17, 15) is 18.8 Å². The Kier molecular flexibility index (Phi) is 7.76.